The van der Waals surface area contributed by atoms with Crippen LogP contribution in [0.4, 0.5) is 11.5 Å². The maximum absolute atomic E-state index is 12.3. The molecule has 0 fully saturated rings. The summed E-state index contributed by atoms with van der Waals surface area (Å²) in [7, 11) is -3.65. The summed E-state index contributed by atoms with van der Waals surface area (Å²) >= 11 is 0. The number of aromatic nitrogens is 2. The van der Waals surface area contributed by atoms with Crippen molar-refractivity contribution in [1.29, 1.82) is 0 Å². The number of nitrogens with zero attached hydrogens (tertiary/aromatic N) is 2. The van der Waals surface area contributed by atoms with Gasteiger partial charge in [0.15, 0.2) is 0 Å². The number of hydrogen-bond acceptors (Lipinski definition) is 5. The number of rotatable bonds is 3. The van der Waals surface area contributed by atoms with Crippen LogP contribution in [-0.4, -0.2) is 18.4 Å². The molecule has 0 aliphatic rings. The predicted molar refractivity (Wildman–Crippen MR) is 81.2 cm³/mol. The van der Waals surface area contributed by atoms with Crippen LogP contribution in [-0.2, 0) is 10.0 Å². The van der Waals surface area contributed by atoms with Crippen molar-refractivity contribution in [2.75, 3.05) is 10.5 Å². The molecule has 3 rings (SSSR count). The SMILES string of the molecule is Nc1ccc2cc(S(=O)(=O)Nc3ccncc3)ccc2n1. The zero-order chi connectivity index (χ0) is 14.9. The monoisotopic (exact) mass is 300 g/mol. The fourth-order valence-electron chi connectivity index (χ4n) is 1.92. The normalized spacial score (nSPS) is 11.4. The fourth-order valence-corrected chi connectivity index (χ4v) is 3.01. The van der Waals surface area contributed by atoms with Gasteiger partial charge < -0.3 is 5.73 Å². The van der Waals surface area contributed by atoms with Crippen LogP contribution >= 0.6 is 0 Å². The second-order valence-corrected chi connectivity index (χ2v) is 6.11. The first-order chi connectivity index (χ1) is 10.0. The molecule has 0 aliphatic heterocycles. The number of anilines is 2. The number of nitrogens with two attached hydrogens (primary N) is 1. The summed E-state index contributed by atoms with van der Waals surface area (Å²) in [5.74, 6) is 0.396. The van der Waals surface area contributed by atoms with Crippen LogP contribution in [0.1, 0.15) is 0 Å². The molecule has 0 atom stereocenters. The minimum absolute atomic E-state index is 0.165. The molecule has 0 amide bonds. The Balaban J connectivity index is 2.01. The number of pyridine rings is 2. The van der Waals surface area contributed by atoms with Gasteiger partial charge >= 0.3 is 0 Å². The van der Waals surface area contributed by atoms with E-state index in [4.69, 9.17) is 5.73 Å². The number of nitrogens with one attached hydrogen (secondary N) is 1. The number of sulfonamides is 1. The third kappa shape index (κ3) is 2.77. The highest BCUT2D eigenvalue weighted by atomic mass is 32.2. The molecule has 2 aromatic heterocycles. The van der Waals surface area contributed by atoms with E-state index in [0.29, 0.717) is 22.4 Å². The molecule has 21 heavy (non-hydrogen) atoms. The molecule has 0 saturated carbocycles. The van der Waals surface area contributed by atoms with Gasteiger partial charge in [-0.25, -0.2) is 13.4 Å². The molecule has 2 heterocycles. The van der Waals surface area contributed by atoms with E-state index in [1.807, 2.05) is 0 Å². The summed E-state index contributed by atoms with van der Waals surface area (Å²) in [4.78, 5) is 8.14. The van der Waals surface area contributed by atoms with Crippen molar-refractivity contribution >= 4 is 32.4 Å². The average molecular weight is 300 g/mol. The Morgan fingerprint density at radius 3 is 2.52 bits per heavy atom. The van der Waals surface area contributed by atoms with Crippen LogP contribution in [0, 0.1) is 0 Å². The molecule has 3 aromatic rings. The third-order valence-electron chi connectivity index (χ3n) is 2.93. The van der Waals surface area contributed by atoms with Crippen LogP contribution in [0.25, 0.3) is 10.9 Å². The lowest BCUT2D eigenvalue weighted by atomic mass is 10.2. The van der Waals surface area contributed by atoms with Gasteiger partial charge in [0.1, 0.15) is 5.82 Å². The molecule has 106 valence electrons. The Hall–Kier alpha value is -2.67. The van der Waals surface area contributed by atoms with Crippen molar-refractivity contribution in [2.24, 2.45) is 0 Å². The van der Waals surface area contributed by atoms with Crippen LogP contribution in [0.2, 0.25) is 0 Å². The average Bonchev–Trinajstić information content (AvgIpc) is 2.47. The first-order valence-electron chi connectivity index (χ1n) is 6.14. The molecule has 3 N–H and O–H groups in total. The van der Waals surface area contributed by atoms with Crippen LogP contribution < -0.4 is 10.5 Å². The van der Waals surface area contributed by atoms with E-state index >= 15 is 0 Å². The van der Waals surface area contributed by atoms with E-state index < -0.39 is 10.0 Å². The van der Waals surface area contributed by atoms with E-state index in [-0.39, 0.29) is 4.90 Å². The molecule has 0 saturated heterocycles. The highest BCUT2D eigenvalue weighted by Gasteiger charge is 2.14. The van der Waals surface area contributed by atoms with Crippen molar-refractivity contribution in [3.63, 3.8) is 0 Å². The topological polar surface area (TPSA) is 98.0 Å². The molecule has 0 aliphatic carbocycles. The van der Waals surface area contributed by atoms with Gasteiger partial charge in [0.2, 0.25) is 0 Å². The van der Waals surface area contributed by atoms with Gasteiger partial charge in [-0.3, -0.25) is 9.71 Å². The quantitative estimate of drug-likeness (QED) is 0.771. The fraction of sp³-hybridized carbons (Fsp3) is 0. The lowest BCUT2D eigenvalue weighted by Gasteiger charge is -2.08. The molecule has 1 aromatic carbocycles. The Morgan fingerprint density at radius 2 is 1.76 bits per heavy atom. The molecule has 0 spiro atoms. The predicted octanol–water partition coefficient (Wildman–Crippen LogP) is 2.01. The standard InChI is InChI=1S/C14H12N4O2S/c15-14-4-1-10-9-12(2-3-13(10)17-14)21(19,20)18-11-5-7-16-8-6-11/h1-9H,(H2,15,17)(H,16,18). The summed E-state index contributed by atoms with van der Waals surface area (Å²) in [5, 5.41) is 0.710. The maximum Gasteiger partial charge on any atom is 0.261 e. The van der Waals surface area contributed by atoms with E-state index in [0.717, 1.165) is 0 Å². The maximum atomic E-state index is 12.3. The Bertz CT molecular complexity index is 895. The summed E-state index contributed by atoms with van der Waals surface area (Å²) < 4.78 is 27.2. The molecule has 0 radical (unpaired) electrons. The third-order valence-corrected chi connectivity index (χ3v) is 4.30. The molecule has 6 nitrogen and oxygen atoms in total. The van der Waals surface area contributed by atoms with Gasteiger partial charge in [0.25, 0.3) is 10.0 Å². The van der Waals surface area contributed by atoms with Crippen molar-refractivity contribution < 1.29 is 8.42 Å². The highest BCUT2D eigenvalue weighted by molar-refractivity contribution is 7.92. The first-order valence-corrected chi connectivity index (χ1v) is 7.62. The van der Waals surface area contributed by atoms with Gasteiger partial charge in [-0.05, 0) is 42.5 Å². The lowest BCUT2D eigenvalue weighted by Crippen LogP contribution is -2.12. The van der Waals surface area contributed by atoms with Crippen LogP contribution in [0.15, 0.2) is 59.8 Å². The van der Waals surface area contributed by atoms with Crippen LogP contribution in [0.5, 0.6) is 0 Å². The van der Waals surface area contributed by atoms with Crippen molar-refractivity contribution in [2.45, 2.75) is 4.90 Å². The van der Waals surface area contributed by atoms with Crippen molar-refractivity contribution in [3.8, 4) is 0 Å². The highest BCUT2D eigenvalue weighted by Crippen LogP contribution is 2.21. The summed E-state index contributed by atoms with van der Waals surface area (Å²) in [5.41, 5.74) is 6.71. The second-order valence-electron chi connectivity index (χ2n) is 4.43. The number of benzene rings is 1. The molecule has 0 bridgehead atoms. The molecular formula is C14H12N4O2S. The molecule has 7 heteroatoms. The Labute approximate surface area is 121 Å². The van der Waals surface area contributed by atoms with Crippen molar-refractivity contribution in [3.05, 3.63) is 54.9 Å². The summed E-state index contributed by atoms with van der Waals surface area (Å²) in [6.07, 6.45) is 3.04. The summed E-state index contributed by atoms with van der Waals surface area (Å²) in [6.45, 7) is 0. The van der Waals surface area contributed by atoms with E-state index in [1.54, 1.807) is 36.4 Å². The van der Waals surface area contributed by atoms with Gasteiger partial charge in [0.05, 0.1) is 16.1 Å². The zero-order valence-electron chi connectivity index (χ0n) is 10.9. The van der Waals surface area contributed by atoms with E-state index in [9.17, 15) is 8.42 Å². The minimum Gasteiger partial charge on any atom is -0.384 e. The zero-order valence-corrected chi connectivity index (χ0v) is 11.7. The number of fused-ring (bicyclic) bond motifs is 1. The number of nitrogen functional groups attached to an aromatic ring is 1. The van der Waals surface area contributed by atoms with Gasteiger partial charge in [-0.2, -0.15) is 0 Å². The largest absolute Gasteiger partial charge is 0.384 e. The van der Waals surface area contributed by atoms with Gasteiger partial charge in [0, 0.05) is 17.8 Å². The van der Waals surface area contributed by atoms with Gasteiger partial charge in [-0.1, -0.05) is 0 Å². The van der Waals surface area contributed by atoms with E-state index in [1.165, 1.54) is 18.5 Å². The Morgan fingerprint density at radius 1 is 1.00 bits per heavy atom. The minimum atomic E-state index is -3.65. The smallest absolute Gasteiger partial charge is 0.261 e. The van der Waals surface area contributed by atoms with Crippen LogP contribution in [0.3, 0.4) is 0 Å². The molecular weight excluding hydrogens is 288 g/mol. The van der Waals surface area contributed by atoms with Gasteiger partial charge in [-0.15, -0.1) is 0 Å². The number of hydrogen-bond donors (Lipinski definition) is 2. The van der Waals surface area contributed by atoms with E-state index in [2.05, 4.69) is 14.7 Å². The second kappa shape index (κ2) is 5.02. The first kappa shape index (κ1) is 13.3. The lowest BCUT2D eigenvalue weighted by molar-refractivity contribution is 0.601. The summed E-state index contributed by atoms with van der Waals surface area (Å²) in [6, 6.07) is 11.2. The molecule has 0 unspecified atom stereocenters. The Kier molecular flexibility index (Phi) is 3.19. The van der Waals surface area contributed by atoms with Crippen molar-refractivity contribution in [1.82, 2.24) is 9.97 Å².